The highest BCUT2D eigenvalue weighted by Crippen LogP contribution is 2.18. The Morgan fingerprint density at radius 1 is 1.25 bits per heavy atom. The molecular formula is C20H24N6O2. The normalized spacial score (nSPS) is 10.8. The minimum Gasteiger partial charge on any atom is -0.378 e. The maximum absolute atomic E-state index is 12.8. The highest BCUT2D eigenvalue weighted by molar-refractivity contribution is 6.04. The average molecular weight is 380 g/mol. The number of aromatic amines is 1. The summed E-state index contributed by atoms with van der Waals surface area (Å²) in [6.07, 6.45) is 0.596. The number of benzene rings is 1. The lowest BCUT2D eigenvalue weighted by molar-refractivity contribution is 0.102. The predicted molar refractivity (Wildman–Crippen MR) is 110 cm³/mol. The molecule has 0 aliphatic rings. The molecule has 0 saturated carbocycles. The number of nitrogens with zero attached hydrogens (tertiary/aromatic N) is 4. The summed E-state index contributed by atoms with van der Waals surface area (Å²) in [6, 6.07) is 9.05. The second-order valence-electron chi connectivity index (χ2n) is 6.79. The Kier molecular flexibility index (Phi) is 5.30. The first kappa shape index (κ1) is 19.3. The number of hydrogen-bond acceptors (Lipinski definition) is 5. The van der Waals surface area contributed by atoms with Crippen molar-refractivity contribution in [3.8, 4) is 5.95 Å². The van der Waals surface area contributed by atoms with E-state index in [2.05, 4.69) is 20.4 Å². The molecule has 2 N–H and O–H groups in total. The van der Waals surface area contributed by atoms with Crippen molar-refractivity contribution in [1.29, 1.82) is 0 Å². The third-order valence-electron chi connectivity index (χ3n) is 4.46. The molecular weight excluding hydrogens is 356 g/mol. The third-order valence-corrected chi connectivity index (χ3v) is 4.46. The lowest BCUT2D eigenvalue weighted by Crippen LogP contribution is -2.22. The van der Waals surface area contributed by atoms with Gasteiger partial charge in [-0.15, -0.1) is 0 Å². The molecule has 0 atom stereocenters. The van der Waals surface area contributed by atoms with Crippen LogP contribution >= 0.6 is 0 Å². The van der Waals surface area contributed by atoms with Gasteiger partial charge in [0.2, 0.25) is 5.95 Å². The van der Waals surface area contributed by atoms with E-state index in [1.165, 1.54) is 4.68 Å². The summed E-state index contributed by atoms with van der Waals surface area (Å²) < 4.78 is 1.44. The highest BCUT2D eigenvalue weighted by atomic mass is 16.2. The monoisotopic (exact) mass is 380 g/mol. The standard InChI is InChI=1S/C20H24N6O2/c1-6-16-13(3)21-20(23-19(16)28)26-17(10-12(2)24-26)22-18(27)14-8-7-9-15(11-14)25(4)5/h7-11H,6H2,1-5H3,(H,22,27)(H,21,23,28). The molecule has 0 radical (unpaired) electrons. The van der Waals surface area contributed by atoms with E-state index in [4.69, 9.17) is 0 Å². The number of anilines is 2. The highest BCUT2D eigenvalue weighted by Gasteiger charge is 2.16. The molecule has 146 valence electrons. The quantitative estimate of drug-likeness (QED) is 0.709. The van der Waals surface area contributed by atoms with Crippen molar-refractivity contribution in [1.82, 2.24) is 19.7 Å². The van der Waals surface area contributed by atoms with Gasteiger partial charge in [0.05, 0.1) is 5.69 Å². The topological polar surface area (TPSA) is 95.9 Å². The summed E-state index contributed by atoms with van der Waals surface area (Å²) in [5, 5.41) is 7.23. The molecule has 3 rings (SSSR count). The number of hydrogen-bond donors (Lipinski definition) is 2. The maximum atomic E-state index is 12.8. The number of carbonyl (C=O) groups is 1. The number of amides is 1. The van der Waals surface area contributed by atoms with Crippen molar-refractivity contribution in [3.63, 3.8) is 0 Å². The van der Waals surface area contributed by atoms with Crippen LogP contribution in [0.25, 0.3) is 5.95 Å². The fourth-order valence-corrected chi connectivity index (χ4v) is 2.98. The van der Waals surface area contributed by atoms with E-state index in [1.54, 1.807) is 19.1 Å². The van der Waals surface area contributed by atoms with E-state index >= 15 is 0 Å². The van der Waals surface area contributed by atoms with Crippen LogP contribution in [0.5, 0.6) is 0 Å². The molecule has 1 aromatic carbocycles. The van der Waals surface area contributed by atoms with E-state index < -0.39 is 0 Å². The third kappa shape index (κ3) is 3.80. The van der Waals surface area contributed by atoms with Gasteiger partial charge in [-0.2, -0.15) is 9.78 Å². The molecule has 2 aromatic heterocycles. The molecule has 28 heavy (non-hydrogen) atoms. The summed E-state index contributed by atoms with van der Waals surface area (Å²) in [6.45, 7) is 5.51. The van der Waals surface area contributed by atoms with Gasteiger partial charge in [0, 0.05) is 42.7 Å². The predicted octanol–water partition coefficient (Wildman–Crippen LogP) is 2.45. The van der Waals surface area contributed by atoms with Crippen molar-refractivity contribution < 1.29 is 4.79 Å². The van der Waals surface area contributed by atoms with Crippen molar-refractivity contribution in [2.75, 3.05) is 24.3 Å². The molecule has 2 heterocycles. The van der Waals surface area contributed by atoms with Crippen LogP contribution in [-0.2, 0) is 6.42 Å². The van der Waals surface area contributed by atoms with Crippen LogP contribution in [0.3, 0.4) is 0 Å². The van der Waals surface area contributed by atoms with E-state index in [9.17, 15) is 9.59 Å². The summed E-state index contributed by atoms with van der Waals surface area (Å²) in [5.41, 5.74) is 3.22. The first-order valence-corrected chi connectivity index (χ1v) is 9.05. The Balaban J connectivity index is 1.96. The van der Waals surface area contributed by atoms with Crippen LogP contribution in [0, 0.1) is 13.8 Å². The number of nitrogens with one attached hydrogen (secondary N) is 2. The largest absolute Gasteiger partial charge is 0.378 e. The zero-order valence-electron chi connectivity index (χ0n) is 16.7. The maximum Gasteiger partial charge on any atom is 0.256 e. The molecule has 0 bridgehead atoms. The Hall–Kier alpha value is -3.42. The number of carbonyl (C=O) groups excluding carboxylic acids is 1. The molecule has 3 aromatic rings. The zero-order chi connectivity index (χ0) is 20.4. The van der Waals surface area contributed by atoms with Crippen molar-refractivity contribution in [2.45, 2.75) is 27.2 Å². The van der Waals surface area contributed by atoms with Crippen LogP contribution < -0.4 is 15.8 Å². The second-order valence-corrected chi connectivity index (χ2v) is 6.79. The van der Waals surface area contributed by atoms with Gasteiger partial charge in [0.1, 0.15) is 5.82 Å². The van der Waals surface area contributed by atoms with Crippen molar-refractivity contribution >= 4 is 17.4 Å². The molecule has 0 aliphatic heterocycles. The minimum absolute atomic E-state index is 0.200. The Labute approximate surface area is 163 Å². The molecule has 0 unspecified atom stereocenters. The van der Waals surface area contributed by atoms with Crippen LogP contribution in [0.1, 0.15) is 34.2 Å². The van der Waals surface area contributed by atoms with Crippen molar-refractivity contribution in [3.05, 3.63) is 63.2 Å². The SMILES string of the molecule is CCc1c(C)nc(-n2nc(C)cc2NC(=O)c2cccc(N(C)C)c2)[nH]c1=O. The van der Waals surface area contributed by atoms with E-state index in [-0.39, 0.29) is 17.4 Å². The first-order chi connectivity index (χ1) is 13.3. The number of H-pyrrole nitrogens is 1. The summed E-state index contributed by atoms with van der Waals surface area (Å²) in [4.78, 5) is 34.2. The van der Waals surface area contributed by atoms with E-state index in [1.807, 2.05) is 51.0 Å². The van der Waals surface area contributed by atoms with Gasteiger partial charge in [0.15, 0.2) is 0 Å². The molecule has 0 fully saturated rings. The van der Waals surface area contributed by atoms with Crippen LogP contribution in [-0.4, -0.2) is 39.8 Å². The number of aromatic nitrogens is 4. The Morgan fingerprint density at radius 3 is 2.64 bits per heavy atom. The van der Waals surface area contributed by atoms with Gasteiger partial charge < -0.3 is 10.2 Å². The van der Waals surface area contributed by atoms with Gasteiger partial charge in [-0.1, -0.05) is 13.0 Å². The molecule has 0 saturated heterocycles. The molecule has 8 heteroatoms. The fraction of sp³-hybridized carbons (Fsp3) is 0.300. The molecule has 0 aliphatic carbocycles. The second kappa shape index (κ2) is 7.67. The zero-order valence-corrected chi connectivity index (χ0v) is 16.7. The van der Waals surface area contributed by atoms with Gasteiger partial charge >= 0.3 is 0 Å². The lowest BCUT2D eigenvalue weighted by atomic mass is 10.2. The molecule has 8 nitrogen and oxygen atoms in total. The number of aryl methyl sites for hydroxylation is 2. The average Bonchev–Trinajstić information content (AvgIpc) is 3.01. The molecule has 1 amide bonds. The Morgan fingerprint density at radius 2 is 2.00 bits per heavy atom. The first-order valence-electron chi connectivity index (χ1n) is 9.05. The lowest BCUT2D eigenvalue weighted by Gasteiger charge is -2.14. The van der Waals surface area contributed by atoms with Crippen LogP contribution in [0.4, 0.5) is 11.5 Å². The molecule has 0 spiro atoms. The fourth-order valence-electron chi connectivity index (χ4n) is 2.98. The van der Waals surface area contributed by atoms with Gasteiger partial charge in [-0.05, 0) is 38.5 Å². The summed E-state index contributed by atoms with van der Waals surface area (Å²) in [5.74, 6) is 0.434. The van der Waals surface area contributed by atoms with Gasteiger partial charge in [-0.25, -0.2) is 4.98 Å². The minimum atomic E-state index is -0.269. The Bertz CT molecular complexity index is 1080. The number of rotatable bonds is 5. The summed E-state index contributed by atoms with van der Waals surface area (Å²) >= 11 is 0. The van der Waals surface area contributed by atoms with E-state index in [0.29, 0.717) is 34.8 Å². The smallest absolute Gasteiger partial charge is 0.256 e. The van der Waals surface area contributed by atoms with E-state index in [0.717, 1.165) is 5.69 Å². The van der Waals surface area contributed by atoms with Gasteiger partial charge in [0.25, 0.3) is 11.5 Å². The van der Waals surface area contributed by atoms with Crippen LogP contribution in [0.2, 0.25) is 0 Å². The van der Waals surface area contributed by atoms with Gasteiger partial charge in [-0.3, -0.25) is 14.6 Å². The van der Waals surface area contributed by atoms with Crippen LogP contribution in [0.15, 0.2) is 35.1 Å². The van der Waals surface area contributed by atoms with Crippen molar-refractivity contribution in [2.24, 2.45) is 0 Å². The summed E-state index contributed by atoms with van der Waals surface area (Å²) in [7, 11) is 3.83.